The Kier molecular flexibility index (Phi) is 3.55. The Morgan fingerprint density at radius 3 is 2.90 bits per heavy atom. The molecule has 0 spiro atoms. The number of fused-ring (bicyclic) bond motifs is 1. The van der Waals surface area contributed by atoms with E-state index in [0.29, 0.717) is 10.2 Å². The summed E-state index contributed by atoms with van der Waals surface area (Å²) in [6.07, 6.45) is 5.26. The highest BCUT2D eigenvalue weighted by molar-refractivity contribution is 9.10. The van der Waals surface area contributed by atoms with Crippen LogP contribution in [-0.4, -0.2) is 29.2 Å². The van der Waals surface area contributed by atoms with E-state index in [2.05, 4.69) is 31.2 Å². The highest BCUT2D eigenvalue weighted by atomic mass is 79.9. The third kappa shape index (κ3) is 2.25. The lowest BCUT2D eigenvalue weighted by Crippen LogP contribution is -2.43. The van der Waals surface area contributed by atoms with Crippen LogP contribution in [0, 0.1) is 5.82 Å². The molecule has 3 N–H and O–H groups in total. The summed E-state index contributed by atoms with van der Waals surface area (Å²) in [6, 6.07) is -0.0444. The zero-order valence-electron chi connectivity index (χ0n) is 10.7. The van der Waals surface area contributed by atoms with Crippen molar-refractivity contribution in [3.8, 4) is 0 Å². The molecule has 1 aromatic heterocycles. The number of hydrogen-bond donors (Lipinski definition) is 2. The number of aromatic nitrogens is 1. The highest BCUT2D eigenvalue weighted by Gasteiger charge is 2.29. The van der Waals surface area contributed by atoms with Crippen LogP contribution in [-0.2, 0) is 0 Å². The van der Waals surface area contributed by atoms with E-state index in [1.165, 1.54) is 6.21 Å². The summed E-state index contributed by atoms with van der Waals surface area (Å²) in [5, 5.41) is 3.04. The second kappa shape index (κ2) is 5.21. The van der Waals surface area contributed by atoms with Gasteiger partial charge >= 0.3 is 0 Å². The maximum atomic E-state index is 14.4. The fourth-order valence-corrected chi connectivity index (χ4v) is 3.15. The predicted molar refractivity (Wildman–Crippen MR) is 77.7 cm³/mol. The molecular weight excluding hydrogens is 327 g/mol. The van der Waals surface area contributed by atoms with E-state index in [-0.39, 0.29) is 23.5 Å². The first-order valence-electron chi connectivity index (χ1n) is 6.57. The van der Waals surface area contributed by atoms with E-state index in [4.69, 9.17) is 5.73 Å². The second-order valence-corrected chi connectivity index (χ2v) is 5.87. The maximum Gasteiger partial charge on any atom is 0.280 e. The molecular formula is C13H14BrFN4O. The zero-order chi connectivity index (χ0) is 14.3. The number of carbonyl (C=O) groups is 1. The molecule has 1 aromatic rings. The lowest BCUT2D eigenvalue weighted by molar-refractivity contribution is 0.100. The standard InChI is InChI=1S/C13H14BrFN4O/c14-11-6-5-17-13(20)9(6)10(15)12(19-11)18-8-4-2-1-3-7(8)16/h5,7-8H,1-4,16H2,(H,18,19). The first kappa shape index (κ1) is 13.6. The third-order valence-electron chi connectivity index (χ3n) is 3.80. The van der Waals surface area contributed by atoms with E-state index >= 15 is 0 Å². The van der Waals surface area contributed by atoms with Crippen LogP contribution < -0.4 is 11.1 Å². The van der Waals surface area contributed by atoms with E-state index in [1.54, 1.807) is 0 Å². The number of carbonyl (C=O) groups excluding carboxylic acids is 1. The number of hydrogen-bond acceptors (Lipinski definition) is 4. The van der Waals surface area contributed by atoms with Crippen molar-refractivity contribution in [2.75, 3.05) is 5.32 Å². The summed E-state index contributed by atoms with van der Waals surface area (Å²) in [6.45, 7) is 0. The van der Waals surface area contributed by atoms with Crippen molar-refractivity contribution in [1.82, 2.24) is 4.98 Å². The predicted octanol–water partition coefficient (Wildman–Crippen LogP) is 2.24. The fourth-order valence-electron chi connectivity index (χ4n) is 2.67. The van der Waals surface area contributed by atoms with Crippen LogP contribution in [0.3, 0.4) is 0 Å². The molecule has 0 bridgehead atoms. The Balaban J connectivity index is 1.93. The normalized spacial score (nSPS) is 24.9. The molecule has 1 fully saturated rings. The van der Waals surface area contributed by atoms with Crippen molar-refractivity contribution in [2.45, 2.75) is 37.8 Å². The number of rotatable bonds is 2. The molecule has 2 unspecified atom stereocenters. The quantitative estimate of drug-likeness (QED) is 0.809. The zero-order valence-corrected chi connectivity index (χ0v) is 12.3. The average molecular weight is 341 g/mol. The Labute approximate surface area is 124 Å². The molecule has 3 rings (SSSR count). The summed E-state index contributed by atoms with van der Waals surface area (Å²) in [4.78, 5) is 19.3. The van der Waals surface area contributed by atoms with Gasteiger partial charge in [0.25, 0.3) is 5.91 Å². The van der Waals surface area contributed by atoms with E-state index in [0.717, 1.165) is 25.7 Å². The van der Waals surface area contributed by atoms with E-state index < -0.39 is 11.7 Å². The van der Waals surface area contributed by atoms with E-state index in [9.17, 15) is 9.18 Å². The van der Waals surface area contributed by atoms with Crippen molar-refractivity contribution in [3.63, 3.8) is 0 Å². The van der Waals surface area contributed by atoms with Gasteiger partial charge in [-0.25, -0.2) is 14.4 Å². The van der Waals surface area contributed by atoms with Gasteiger partial charge in [0.15, 0.2) is 11.6 Å². The number of halogens is 2. The van der Waals surface area contributed by atoms with Crippen LogP contribution in [0.1, 0.15) is 41.6 Å². The molecule has 1 aliphatic carbocycles. The smallest absolute Gasteiger partial charge is 0.280 e. The number of pyridine rings is 1. The number of aliphatic imine (C=N–C) groups is 1. The molecule has 0 aromatic carbocycles. The average Bonchev–Trinajstić information content (AvgIpc) is 2.81. The number of nitrogens with two attached hydrogens (primary N) is 1. The number of amides is 1. The van der Waals surface area contributed by atoms with Crippen LogP contribution in [0.5, 0.6) is 0 Å². The molecule has 1 saturated carbocycles. The Morgan fingerprint density at radius 2 is 2.15 bits per heavy atom. The molecule has 1 aliphatic heterocycles. The van der Waals surface area contributed by atoms with Crippen molar-refractivity contribution in [1.29, 1.82) is 0 Å². The van der Waals surface area contributed by atoms with Crippen molar-refractivity contribution in [3.05, 3.63) is 21.5 Å². The molecule has 2 aliphatic rings. The van der Waals surface area contributed by atoms with Gasteiger partial charge in [-0.3, -0.25) is 4.79 Å². The van der Waals surface area contributed by atoms with Crippen LogP contribution in [0.15, 0.2) is 9.60 Å². The molecule has 20 heavy (non-hydrogen) atoms. The molecule has 0 saturated heterocycles. The van der Waals surface area contributed by atoms with Gasteiger partial charge in [0.05, 0.1) is 5.56 Å². The molecule has 2 heterocycles. The van der Waals surface area contributed by atoms with Gasteiger partial charge in [-0.05, 0) is 28.8 Å². The Hall–Kier alpha value is -1.34. The molecule has 106 valence electrons. The van der Waals surface area contributed by atoms with Gasteiger partial charge < -0.3 is 11.1 Å². The van der Waals surface area contributed by atoms with Gasteiger partial charge in [-0.1, -0.05) is 12.8 Å². The van der Waals surface area contributed by atoms with Gasteiger partial charge in [0, 0.05) is 23.9 Å². The Bertz CT molecular complexity index is 605. The van der Waals surface area contributed by atoms with Gasteiger partial charge in [-0.2, -0.15) is 0 Å². The van der Waals surface area contributed by atoms with Gasteiger partial charge in [0.1, 0.15) is 4.60 Å². The van der Waals surface area contributed by atoms with Crippen molar-refractivity contribution in [2.24, 2.45) is 10.7 Å². The molecule has 7 heteroatoms. The van der Waals surface area contributed by atoms with Crippen LogP contribution >= 0.6 is 15.9 Å². The largest absolute Gasteiger partial charge is 0.363 e. The molecule has 1 amide bonds. The highest BCUT2D eigenvalue weighted by Crippen LogP contribution is 2.30. The van der Waals surface area contributed by atoms with Crippen molar-refractivity contribution >= 4 is 33.9 Å². The SMILES string of the molecule is NC1CCCCC1Nc1nc(Br)c2c(c1F)C(=O)N=C2. The summed E-state index contributed by atoms with van der Waals surface area (Å²) in [5.41, 5.74) is 6.40. The third-order valence-corrected chi connectivity index (χ3v) is 4.40. The lowest BCUT2D eigenvalue weighted by Gasteiger charge is -2.30. The first-order chi connectivity index (χ1) is 9.58. The minimum atomic E-state index is -0.650. The minimum absolute atomic E-state index is 0.0203. The summed E-state index contributed by atoms with van der Waals surface area (Å²) in [5.74, 6) is -1.16. The minimum Gasteiger partial charge on any atom is -0.363 e. The molecule has 0 radical (unpaired) electrons. The van der Waals surface area contributed by atoms with Gasteiger partial charge in [0.2, 0.25) is 0 Å². The second-order valence-electron chi connectivity index (χ2n) is 5.12. The molecule has 2 atom stereocenters. The van der Waals surface area contributed by atoms with E-state index in [1.807, 2.05) is 0 Å². The Morgan fingerprint density at radius 1 is 1.40 bits per heavy atom. The van der Waals surface area contributed by atoms with Gasteiger partial charge in [-0.15, -0.1) is 0 Å². The van der Waals surface area contributed by atoms with Crippen LogP contribution in [0.2, 0.25) is 0 Å². The monoisotopic (exact) mass is 340 g/mol. The van der Waals surface area contributed by atoms with Crippen molar-refractivity contribution < 1.29 is 9.18 Å². The summed E-state index contributed by atoms with van der Waals surface area (Å²) < 4.78 is 14.8. The summed E-state index contributed by atoms with van der Waals surface area (Å²) in [7, 11) is 0. The number of anilines is 1. The number of nitrogens with zero attached hydrogens (tertiary/aromatic N) is 2. The number of nitrogens with one attached hydrogen (secondary N) is 1. The first-order valence-corrected chi connectivity index (χ1v) is 7.36. The topological polar surface area (TPSA) is 80.4 Å². The van der Waals surface area contributed by atoms with Crippen LogP contribution in [0.4, 0.5) is 10.2 Å². The molecule has 5 nitrogen and oxygen atoms in total. The fraction of sp³-hybridized carbons (Fsp3) is 0.462. The van der Waals surface area contributed by atoms with Crippen LogP contribution in [0.25, 0.3) is 0 Å². The summed E-state index contributed by atoms with van der Waals surface area (Å²) >= 11 is 3.25. The lowest BCUT2D eigenvalue weighted by atomic mass is 9.91. The maximum absolute atomic E-state index is 14.4.